The molecule has 5 nitrogen and oxygen atoms in total. The quantitative estimate of drug-likeness (QED) is 0.670. The lowest BCUT2D eigenvalue weighted by molar-refractivity contribution is 0.456. The third kappa shape index (κ3) is 4.01. The maximum atomic E-state index is 9.19. The zero-order valence-corrected chi connectivity index (χ0v) is 8.23. The minimum absolute atomic E-state index is 0.715. The Morgan fingerprint density at radius 1 is 1.36 bits per heavy atom. The van der Waals surface area contributed by atoms with Crippen molar-refractivity contribution in [3.63, 3.8) is 0 Å². The highest BCUT2D eigenvalue weighted by Crippen LogP contribution is 2.10. The number of fused-ring (bicyclic) bond motifs is 1. The van der Waals surface area contributed by atoms with E-state index in [1.54, 1.807) is 6.20 Å². The van der Waals surface area contributed by atoms with Gasteiger partial charge in [0.15, 0.2) is 5.58 Å². The van der Waals surface area contributed by atoms with E-state index < -0.39 is 10.1 Å². The van der Waals surface area contributed by atoms with Gasteiger partial charge >= 0.3 is 0 Å². The first-order chi connectivity index (χ1) is 6.47. The van der Waals surface area contributed by atoms with E-state index in [4.69, 9.17) is 9.08 Å². The lowest BCUT2D eigenvalue weighted by Crippen LogP contribution is -1.88. The summed E-state index contributed by atoms with van der Waals surface area (Å²) in [4.78, 5) is 0. The van der Waals surface area contributed by atoms with Crippen LogP contribution in [0.15, 0.2) is 35.0 Å². The van der Waals surface area contributed by atoms with Crippen LogP contribution in [-0.2, 0) is 10.1 Å². The smallest absolute Gasteiger partial charge is 0.261 e. The molecule has 1 aromatic heterocycles. The van der Waals surface area contributed by atoms with Crippen LogP contribution in [0.25, 0.3) is 11.0 Å². The lowest BCUT2D eigenvalue weighted by Gasteiger charge is -1.78. The number of hydrogen-bond acceptors (Lipinski definition) is 4. The average molecular weight is 215 g/mol. The average Bonchev–Trinajstić information content (AvgIpc) is 2.47. The van der Waals surface area contributed by atoms with E-state index >= 15 is 0 Å². The topological polar surface area (TPSA) is 80.4 Å². The van der Waals surface area contributed by atoms with E-state index in [1.807, 2.05) is 24.3 Å². The first-order valence-corrected chi connectivity index (χ1v) is 5.53. The molecular weight excluding hydrogens is 206 g/mol. The standard InChI is InChI=1S/C7H5NO.CH4O3S/c1-2-4-7-6(3-1)5-8-9-7;1-5(2,3)4/h1-5H;1H3,(H,2,3,4). The molecule has 6 heteroatoms. The summed E-state index contributed by atoms with van der Waals surface area (Å²) in [6.07, 6.45) is 2.42. The molecular formula is C8H9NO4S. The number of benzene rings is 1. The summed E-state index contributed by atoms with van der Waals surface area (Å²) in [6, 6.07) is 7.74. The minimum atomic E-state index is -3.67. The molecule has 76 valence electrons. The molecule has 0 aliphatic carbocycles. The van der Waals surface area contributed by atoms with Gasteiger partial charge in [-0.2, -0.15) is 8.42 Å². The predicted molar refractivity (Wildman–Crippen MR) is 51.5 cm³/mol. The first kappa shape index (κ1) is 10.7. The van der Waals surface area contributed by atoms with Crippen LogP contribution in [0.4, 0.5) is 0 Å². The summed E-state index contributed by atoms with van der Waals surface area (Å²) in [5.74, 6) is 0. The van der Waals surface area contributed by atoms with Gasteiger partial charge in [0, 0.05) is 5.39 Å². The molecule has 1 heterocycles. The number of aromatic nitrogens is 1. The molecule has 0 atom stereocenters. The van der Waals surface area contributed by atoms with Gasteiger partial charge in [-0.3, -0.25) is 4.55 Å². The normalized spacial score (nSPS) is 10.7. The molecule has 0 bridgehead atoms. The second kappa shape index (κ2) is 4.21. The molecule has 0 saturated heterocycles. The number of rotatable bonds is 0. The van der Waals surface area contributed by atoms with Crippen LogP contribution < -0.4 is 0 Å². The van der Waals surface area contributed by atoms with Crippen molar-refractivity contribution in [2.75, 3.05) is 6.26 Å². The molecule has 0 aliphatic rings. The van der Waals surface area contributed by atoms with Crippen molar-refractivity contribution < 1.29 is 17.5 Å². The van der Waals surface area contributed by atoms with Crippen molar-refractivity contribution in [3.05, 3.63) is 30.5 Å². The molecule has 0 amide bonds. The van der Waals surface area contributed by atoms with Crippen LogP contribution in [0.2, 0.25) is 0 Å². The maximum Gasteiger partial charge on any atom is 0.261 e. The summed E-state index contributed by atoms with van der Waals surface area (Å²) in [5.41, 5.74) is 0.845. The van der Waals surface area contributed by atoms with Gasteiger partial charge < -0.3 is 4.52 Å². The largest absolute Gasteiger partial charge is 0.356 e. The Kier molecular flexibility index (Phi) is 3.21. The molecule has 0 saturated carbocycles. The molecule has 1 aromatic carbocycles. The third-order valence-electron chi connectivity index (χ3n) is 1.26. The van der Waals surface area contributed by atoms with Crippen LogP contribution in [0.1, 0.15) is 0 Å². The molecule has 0 aliphatic heterocycles. The Morgan fingerprint density at radius 3 is 2.50 bits per heavy atom. The summed E-state index contributed by atoms with van der Waals surface area (Å²) < 4.78 is 30.7. The SMILES string of the molecule is CS(=O)(=O)O.c1ccc2oncc2c1. The summed E-state index contributed by atoms with van der Waals surface area (Å²) in [6.45, 7) is 0. The highest BCUT2D eigenvalue weighted by atomic mass is 32.2. The van der Waals surface area contributed by atoms with Crippen molar-refractivity contribution in [3.8, 4) is 0 Å². The van der Waals surface area contributed by atoms with Crippen molar-refractivity contribution >= 4 is 21.1 Å². The van der Waals surface area contributed by atoms with Gasteiger partial charge in [0.1, 0.15) is 0 Å². The van der Waals surface area contributed by atoms with Gasteiger partial charge in [-0.1, -0.05) is 17.3 Å². The van der Waals surface area contributed by atoms with Crippen LogP contribution in [0, 0.1) is 0 Å². The number of para-hydroxylation sites is 1. The Bertz CT molecular complexity index is 465. The molecule has 1 N–H and O–H groups in total. The van der Waals surface area contributed by atoms with Crippen molar-refractivity contribution in [1.29, 1.82) is 0 Å². The maximum absolute atomic E-state index is 9.19. The van der Waals surface area contributed by atoms with E-state index in [0.717, 1.165) is 11.0 Å². The zero-order valence-electron chi connectivity index (χ0n) is 7.41. The van der Waals surface area contributed by atoms with Crippen LogP contribution in [0.5, 0.6) is 0 Å². The molecule has 14 heavy (non-hydrogen) atoms. The predicted octanol–water partition coefficient (Wildman–Crippen LogP) is 1.33. The van der Waals surface area contributed by atoms with Gasteiger partial charge in [-0.25, -0.2) is 0 Å². The van der Waals surface area contributed by atoms with Gasteiger partial charge in [0.05, 0.1) is 12.5 Å². The van der Waals surface area contributed by atoms with Gasteiger partial charge in [0.2, 0.25) is 0 Å². The summed E-state index contributed by atoms with van der Waals surface area (Å²) in [7, 11) is -3.67. The number of nitrogens with zero attached hydrogens (tertiary/aromatic N) is 1. The minimum Gasteiger partial charge on any atom is -0.356 e. The second-order valence-corrected chi connectivity index (χ2v) is 4.06. The fourth-order valence-corrected chi connectivity index (χ4v) is 0.810. The Balaban J connectivity index is 0.000000171. The highest BCUT2D eigenvalue weighted by Gasteiger charge is 1.91. The summed E-state index contributed by atoms with van der Waals surface area (Å²) >= 11 is 0. The van der Waals surface area contributed by atoms with Gasteiger partial charge in [0.25, 0.3) is 10.1 Å². The molecule has 0 radical (unpaired) electrons. The second-order valence-electron chi connectivity index (χ2n) is 2.60. The lowest BCUT2D eigenvalue weighted by atomic mass is 10.3. The van der Waals surface area contributed by atoms with Gasteiger partial charge in [-0.15, -0.1) is 0 Å². The number of hydrogen-bond donors (Lipinski definition) is 1. The third-order valence-corrected chi connectivity index (χ3v) is 1.26. The summed E-state index contributed by atoms with van der Waals surface area (Å²) in [5, 5.41) is 4.68. The van der Waals surface area contributed by atoms with E-state index in [-0.39, 0.29) is 0 Å². The van der Waals surface area contributed by atoms with E-state index in [2.05, 4.69) is 5.16 Å². The molecule has 0 unspecified atom stereocenters. The van der Waals surface area contributed by atoms with Crippen LogP contribution in [-0.4, -0.2) is 24.4 Å². The first-order valence-electron chi connectivity index (χ1n) is 3.69. The van der Waals surface area contributed by atoms with Crippen molar-refractivity contribution in [2.45, 2.75) is 0 Å². The Labute approximate surface area is 81.1 Å². The highest BCUT2D eigenvalue weighted by molar-refractivity contribution is 7.85. The zero-order chi connectivity index (χ0) is 10.6. The fraction of sp³-hybridized carbons (Fsp3) is 0.125. The van der Waals surface area contributed by atoms with Crippen LogP contribution in [0.3, 0.4) is 0 Å². The van der Waals surface area contributed by atoms with E-state index in [9.17, 15) is 8.42 Å². The van der Waals surface area contributed by atoms with Crippen molar-refractivity contribution in [1.82, 2.24) is 5.16 Å². The van der Waals surface area contributed by atoms with Gasteiger partial charge in [-0.05, 0) is 12.1 Å². The molecule has 0 spiro atoms. The molecule has 0 fully saturated rings. The Hall–Kier alpha value is -1.40. The van der Waals surface area contributed by atoms with E-state index in [1.165, 1.54) is 0 Å². The molecule has 2 aromatic rings. The Morgan fingerprint density at radius 2 is 1.93 bits per heavy atom. The fourth-order valence-electron chi connectivity index (χ4n) is 0.810. The molecule has 2 rings (SSSR count). The van der Waals surface area contributed by atoms with Crippen molar-refractivity contribution in [2.24, 2.45) is 0 Å². The van der Waals surface area contributed by atoms with E-state index in [0.29, 0.717) is 6.26 Å². The van der Waals surface area contributed by atoms with Crippen LogP contribution >= 0.6 is 0 Å². The monoisotopic (exact) mass is 215 g/mol.